The van der Waals surface area contributed by atoms with Crippen molar-refractivity contribution in [2.45, 2.75) is 24.8 Å². The molecule has 1 saturated heterocycles. The maximum Gasteiger partial charge on any atom is 0.0320 e. The molecule has 0 spiro atoms. The van der Waals surface area contributed by atoms with Crippen molar-refractivity contribution in [2.75, 3.05) is 13.1 Å². The van der Waals surface area contributed by atoms with Crippen LogP contribution in [-0.2, 0) is 0 Å². The molecule has 3 aromatic carbocycles. The Balaban J connectivity index is 1.65. The minimum absolute atomic E-state index is 0.445. The smallest absolute Gasteiger partial charge is 0.0320 e. The summed E-state index contributed by atoms with van der Waals surface area (Å²) in [4.78, 5) is 2.64. The average molecular weight is 327 g/mol. The summed E-state index contributed by atoms with van der Waals surface area (Å²) >= 11 is 0. The number of likely N-dealkylation sites (tertiary alicyclic amines) is 1. The Bertz CT molecular complexity index is 735. The zero-order chi connectivity index (χ0) is 17.1. The largest absolute Gasteiger partial charge is 0.295 e. The second kappa shape index (κ2) is 7.25. The SMILES string of the molecule is CC(c1ccccc1)N1C[C@H](c2ccccc2)[C@@H](c2ccccc2)C1. The fourth-order valence-electron chi connectivity index (χ4n) is 4.17. The van der Waals surface area contributed by atoms with Crippen LogP contribution in [0.4, 0.5) is 0 Å². The van der Waals surface area contributed by atoms with E-state index in [0.29, 0.717) is 17.9 Å². The number of hydrogen-bond acceptors (Lipinski definition) is 1. The molecule has 1 fully saturated rings. The van der Waals surface area contributed by atoms with E-state index in [2.05, 4.69) is 103 Å². The van der Waals surface area contributed by atoms with Crippen molar-refractivity contribution < 1.29 is 0 Å². The van der Waals surface area contributed by atoms with E-state index in [1.54, 1.807) is 0 Å². The molecular weight excluding hydrogens is 302 g/mol. The third-order valence-electron chi connectivity index (χ3n) is 5.63. The molecule has 3 atom stereocenters. The van der Waals surface area contributed by atoms with Crippen LogP contribution in [0.15, 0.2) is 91.0 Å². The first-order valence-corrected chi connectivity index (χ1v) is 9.22. The third kappa shape index (κ3) is 3.38. The number of nitrogens with zero attached hydrogens (tertiary/aromatic N) is 1. The van der Waals surface area contributed by atoms with Gasteiger partial charge in [0.25, 0.3) is 0 Å². The molecule has 0 radical (unpaired) electrons. The van der Waals surface area contributed by atoms with Gasteiger partial charge in [0.1, 0.15) is 0 Å². The van der Waals surface area contributed by atoms with Crippen LogP contribution in [0.2, 0.25) is 0 Å². The van der Waals surface area contributed by atoms with Crippen molar-refractivity contribution in [1.82, 2.24) is 4.90 Å². The highest BCUT2D eigenvalue weighted by Gasteiger charge is 2.36. The van der Waals surface area contributed by atoms with E-state index in [0.717, 1.165) is 13.1 Å². The van der Waals surface area contributed by atoms with Crippen LogP contribution in [0.3, 0.4) is 0 Å². The average Bonchev–Trinajstić information content (AvgIpc) is 3.15. The highest BCUT2D eigenvalue weighted by Crippen LogP contribution is 2.42. The predicted octanol–water partition coefficient (Wildman–Crippen LogP) is 5.63. The van der Waals surface area contributed by atoms with Gasteiger partial charge in [-0.25, -0.2) is 0 Å². The van der Waals surface area contributed by atoms with Gasteiger partial charge in [0, 0.05) is 31.0 Å². The molecule has 3 aromatic rings. The lowest BCUT2D eigenvalue weighted by Gasteiger charge is -2.25. The first-order valence-electron chi connectivity index (χ1n) is 9.22. The van der Waals surface area contributed by atoms with Crippen molar-refractivity contribution in [2.24, 2.45) is 0 Å². The maximum absolute atomic E-state index is 2.64. The van der Waals surface area contributed by atoms with Crippen molar-refractivity contribution in [3.05, 3.63) is 108 Å². The van der Waals surface area contributed by atoms with Crippen LogP contribution in [0.25, 0.3) is 0 Å². The molecule has 1 aliphatic rings. The van der Waals surface area contributed by atoms with Crippen LogP contribution in [-0.4, -0.2) is 18.0 Å². The monoisotopic (exact) mass is 327 g/mol. The second-order valence-electron chi connectivity index (χ2n) is 7.07. The molecule has 25 heavy (non-hydrogen) atoms. The fourth-order valence-corrected chi connectivity index (χ4v) is 4.17. The van der Waals surface area contributed by atoms with Crippen molar-refractivity contribution in [1.29, 1.82) is 0 Å². The first-order chi connectivity index (χ1) is 12.3. The molecule has 126 valence electrons. The Hall–Kier alpha value is -2.38. The van der Waals surface area contributed by atoms with Crippen LogP contribution < -0.4 is 0 Å². The summed E-state index contributed by atoms with van der Waals surface area (Å²) in [6, 6.07) is 33.4. The molecule has 1 nitrogen and oxygen atoms in total. The molecular formula is C24H25N. The number of benzene rings is 3. The van der Waals surface area contributed by atoms with Crippen LogP contribution in [0, 0.1) is 0 Å². The number of rotatable bonds is 4. The molecule has 1 heteroatoms. The Morgan fingerprint density at radius 2 is 1.04 bits per heavy atom. The predicted molar refractivity (Wildman–Crippen MR) is 105 cm³/mol. The standard InChI is InChI=1S/C24H25N/c1-19(20-11-5-2-6-12-20)25-17-23(21-13-7-3-8-14-21)24(18-25)22-15-9-4-10-16-22/h2-16,19,23-24H,17-18H2,1H3/t19?,23-,24-/m1/s1. The Labute approximate surface area is 150 Å². The van der Waals surface area contributed by atoms with Crippen LogP contribution >= 0.6 is 0 Å². The summed E-state index contributed by atoms with van der Waals surface area (Å²) in [5.74, 6) is 1.10. The molecule has 0 aromatic heterocycles. The zero-order valence-electron chi connectivity index (χ0n) is 14.8. The first kappa shape index (κ1) is 16.1. The van der Waals surface area contributed by atoms with Gasteiger partial charge in [-0.1, -0.05) is 91.0 Å². The highest BCUT2D eigenvalue weighted by atomic mass is 15.2. The summed E-state index contributed by atoms with van der Waals surface area (Å²) in [5.41, 5.74) is 4.32. The molecule has 0 bridgehead atoms. The van der Waals surface area contributed by atoms with E-state index < -0.39 is 0 Å². The molecule has 0 N–H and O–H groups in total. The molecule has 0 saturated carbocycles. The molecule has 1 heterocycles. The van der Waals surface area contributed by atoms with Crippen molar-refractivity contribution in [3.63, 3.8) is 0 Å². The van der Waals surface area contributed by atoms with Crippen molar-refractivity contribution >= 4 is 0 Å². The summed E-state index contributed by atoms with van der Waals surface area (Å²) in [6.07, 6.45) is 0. The highest BCUT2D eigenvalue weighted by molar-refractivity contribution is 5.32. The Kier molecular flexibility index (Phi) is 4.67. The lowest BCUT2D eigenvalue weighted by Crippen LogP contribution is -2.24. The fraction of sp³-hybridized carbons (Fsp3) is 0.250. The second-order valence-corrected chi connectivity index (χ2v) is 7.07. The van der Waals surface area contributed by atoms with E-state index in [1.807, 2.05) is 0 Å². The molecule has 4 rings (SSSR count). The summed E-state index contributed by atoms with van der Waals surface area (Å²) in [6.45, 7) is 4.56. The van der Waals surface area contributed by atoms with Gasteiger partial charge in [-0.05, 0) is 23.6 Å². The Morgan fingerprint density at radius 1 is 0.640 bits per heavy atom. The van der Waals surface area contributed by atoms with E-state index >= 15 is 0 Å². The third-order valence-corrected chi connectivity index (χ3v) is 5.63. The van der Waals surface area contributed by atoms with E-state index in [9.17, 15) is 0 Å². The van der Waals surface area contributed by atoms with Gasteiger partial charge in [-0.3, -0.25) is 4.90 Å². The van der Waals surface area contributed by atoms with E-state index in [1.165, 1.54) is 16.7 Å². The van der Waals surface area contributed by atoms with Crippen LogP contribution in [0.1, 0.15) is 41.5 Å². The molecule has 1 aliphatic heterocycles. The zero-order valence-corrected chi connectivity index (χ0v) is 14.8. The summed E-state index contributed by atoms with van der Waals surface area (Å²) in [7, 11) is 0. The lowest BCUT2D eigenvalue weighted by atomic mass is 9.84. The number of hydrogen-bond donors (Lipinski definition) is 0. The quantitative estimate of drug-likeness (QED) is 0.600. The minimum Gasteiger partial charge on any atom is -0.295 e. The summed E-state index contributed by atoms with van der Waals surface area (Å²) in [5, 5.41) is 0. The van der Waals surface area contributed by atoms with E-state index in [4.69, 9.17) is 0 Å². The lowest BCUT2D eigenvalue weighted by molar-refractivity contribution is 0.257. The molecule has 0 amide bonds. The topological polar surface area (TPSA) is 3.24 Å². The Morgan fingerprint density at radius 3 is 1.48 bits per heavy atom. The molecule has 1 unspecified atom stereocenters. The minimum atomic E-state index is 0.445. The van der Waals surface area contributed by atoms with Gasteiger partial charge in [-0.15, -0.1) is 0 Å². The molecule has 0 aliphatic carbocycles. The van der Waals surface area contributed by atoms with Gasteiger partial charge < -0.3 is 0 Å². The van der Waals surface area contributed by atoms with Gasteiger partial charge in [0.15, 0.2) is 0 Å². The normalized spacial score (nSPS) is 22.0. The van der Waals surface area contributed by atoms with Gasteiger partial charge in [0.05, 0.1) is 0 Å². The van der Waals surface area contributed by atoms with E-state index in [-0.39, 0.29) is 0 Å². The van der Waals surface area contributed by atoms with Crippen LogP contribution in [0.5, 0.6) is 0 Å². The van der Waals surface area contributed by atoms with Gasteiger partial charge >= 0.3 is 0 Å². The maximum atomic E-state index is 2.64. The van der Waals surface area contributed by atoms with Gasteiger partial charge in [0.2, 0.25) is 0 Å². The summed E-state index contributed by atoms with van der Waals surface area (Å²) < 4.78 is 0. The van der Waals surface area contributed by atoms with Crippen molar-refractivity contribution in [3.8, 4) is 0 Å². The van der Waals surface area contributed by atoms with Gasteiger partial charge in [-0.2, -0.15) is 0 Å².